The highest BCUT2D eigenvalue weighted by atomic mass is 16.5. The van der Waals surface area contributed by atoms with E-state index in [1.54, 1.807) is 0 Å². The molecule has 4 aliphatic carbocycles. The third-order valence-electron chi connectivity index (χ3n) is 6.20. The minimum absolute atomic E-state index is 0.0406. The van der Waals surface area contributed by atoms with Gasteiger partial charge in [0.1, 0.15) is 0 Å². The van der Waals surface area contributed by atoms with Crippen molar-refractivity contribution in [2.24, 2.45) is 28.6 Å². The van der Waals surface area contributed by atoms with Crippen LogP contribution in [0.1, 0.15) is 39.5 Å². The fourth-order valence-corrected chi connectivity index (χ4v) is 4.97. The van der Waals surface area contributed by atoms with Crippen molar-refractivity contribution < 1.29 is 9.53 Å². The Bertz CT molecular complexity index is 310. The molecule has 0 aromatic heterocycles. The van der Waals surface area contributed by atoms with Crippen LogP contribution in [0.3, 0.4) is 0 Å². The van der Waals surface area contributed by atoms with Gasteiger partial charge < -0.3 is 4.74 Å². The first-order chi connectivity index (χ1) is 7.04. The summed E-state index contributed by atoms with van der Waals surface area (Å²) in [5.74, 6) is 2.83. The number of hydrogen-bond acceptors (Lipinski definition) is 2. The van der Waals surface area contributed by atoms with Crippen LogP contribution in [-0.2, 0) is 9.53 Å². The Balaban J connectivity index is 1.73. The third kappa shape index (κ3) is 0.896. The highest BCUT2D eigenvalue weighted by Gasteiger charge is 2.80. The summed E-state index contributed by atoms with van der Waals surface area (Å²) < 4.78 is 4.75. The van der Waals surface area contributed by atoms with Gasteiger partial charge in [0.2, 0.25) is 0 Å². The molecule has 4 aliphatic rings. The lowest BCUT2D eigenvalue weighted by Gasteiger charge is -2.33. The zero-order valence-electron chi connectivity index (χ0n) is 9.88. The molecule has 0 spiro atoms. The van der Waals surface area contributed by atoms with E-state index in [1.165, 1.54) is 20.0 Å². The zero-order chi connectivity index (χ0) is 10.8. The molecule has 0 aromatic rings. The predicted molar refractivity (Wildman–Crippen MR) is 57.2 cm³/mol. The van der Waals surface area contributed by atoms with Crippen molar-refractivity contribution in [1.82, 2.24) is 0 Å². The maximum atomic E-state index is 11.2. The lowest BCUT2D eigenvalue weighted by molar-refractivity contribution is -0.141. The Morgan fingerprint density at radius 3 is 2.33 bits per heavy atom. The Morgan fingerprint density at radius 2 is 1.93 bits per heavy atom. The summed E-state index contributed by atoms with van der Waals surface area (Å²) in [5.41, 5.74) is 1.00. The van der Waals surface area contributed by atoms with Gasteiger partial charge in [0.25, 0.3) is 0 Å². The first-order valence-corrected chi connectivity index (χ1v) is 6.11. The summed E-state index contributed by atoms with van der Waals surface area (Å²) >= 11 is 0. The summed E-state index contributed by atoms with van der Waals surface area (Å²) in [4.78, 5) is 11.2. The molecule has 4 bridgehead atoms. The summed E-state index contributed by atoms with van der Waals surface area (Å²) in [7, 11) is 1.49. The van der Waals surface area contributed by atoms with E-state index in [9.17, 15) is 4.79 Å². The number of rotatable bonds is 3. The fourth-order valence-electron chi connectivity index (χ4n) is 4.97. The van der Waals surface area contributed by atoms with Gasteiger partial charge in [-0.1, -0.05) is 13.8 Å². The van der Waals surface area contributed by atoms with E-state index in [2.05, 4.69) is 13.8 Å². The number of methoxy groups -OCH3 is 1. The van der Waals surface area contributed by atoms with E-state index in [0.29, 0.717) is 17.3 Å². The van der Waals surface area contributed by atoms with E-state index in [-0.39, 0.29) is 5.97 Å². The Morgan fingerprint density at radius 1 is 1.33 bits per heavy atom. The van der Waals surface area contributed by atoms with Gasteiger partial charge in [-0.2, -0.15) is 0 Å². The van der Waals surface area contributed by atoms with Crippen LogP contribution in [0.2, 0.25) is 0 Å². The van der Waals surface area contributed by atoms with Crippen LogP contribution in [0.25, 0.3) is 0 Å². The second-order valence-corrected chi connectivity index (χ2v) is 6.16. The zero-order valence-corrected chi connectivity index (χ0v) is 9.88. The number of hydrogen-bond donors (Lipinski definition) is 0. The maximum Gasteiger partial charge on any atom is 0.305 e. The van der Waals surface area contributed by atoms with Crippen LogP contribution >= 0.6 is 0 Å². The van der Waals surface area contributed by atoms with Crippen LogP contribution in [0, 0.1) is 28.6 Å². The number of carbonyl (C=O) groups excluding carboxylic acids is 1. The van der Waals surface area contributed by atoms with Crippen LogP contribution in [0.5, 0.6) is 0 Å². The average molecular weight is 208 g/mol. The molecule has 84 valence electrons. The quantitative estimate of drug-likeness (QED) is 0.666. The fraction of sp³-hybridized carbons (Fsp3) is 0.923. The van der Waals surface area contributed by atoms with Crippen molar-refractivity contribution in [1.29, 1.82) is 0 Å². The smallest absolute Gasteiger partial charge is 0.305 e. The largest absolute Gasteiger partial charge is 0.469 e. The normalized spacial score (nSPS) is 54.5. The van der Waals surface area contributed by atoms with Gasteiger partial charge >= 0.3 is 5.97 Å². The molecule has 2 nitrogen and oxygen atoms in total. The number of esters is 1. The van der Waals surface area contributed by atoms with Gasteiger partial charge in [-0.05, 0) is 47.8 Å². The highest BCUT2D eigenvalue weighted by molar-refractivity contribution is 5.69. The van der Waals surface area contributed by atoms with Gasteiger partial charge in [0.05, 0.1) is 7.11 Å². The molecule has 0 saturated heterocycles. The number of carbonyl (C=O) groups is 1. The van der Waals surface area contributed by atoms with Gasteiger partial charge in [-0.15, -0.1) is 0 Å². The molecule has 4 fully saturated rings. The molecular formula is C13H20O2. The molecule has 2 heteroatoms. The van der Waals surface area contributed by atoms with Crippen LogP contribution in [0.15, 0.2) is 0 Å². The third-order valence-corrected chi connectivity index (χ3v) is 6.20. The summed E-state index contributed by atoms with van der Waals surface area (Å²) in [5, 5.41) is 0. The molecular weight excluding hydrogens is 188 g/mol. The molecule has 4 rings (SSSR count). The van der Waals surface area contributed by atoms with E-state index >= 15 is 0 Å². The van der Waals surface area contributed by atoms with Crippen molar-refractivity contribution in [3.05, 3.63) is 0 Å². The predicted octanol–water partition coefficient (Wildman–Crippen LogP) is 2.62. The van der Waals surface area contributed by atoms with E-state index in [4.69, 9.17) is 4.74 Å². The minimum Gasteiger partial charge on any atom is -0.469 e. The molecule has 4 saturated carbocycles. The first kappa shape index (κ1) is 9.68. The van der Waals surface area contributed by atoms with E-state index in [1.807, 2.05) is 0 Å². The standard InChI is InChI=1S/C13H20O2/c1-12(5-4-11(14)15-3)8-6-9-10(7-8)13(9,12)2/h8-10H,4-7H2,1-3H3/t8?,9-,10+,12-,13?/m0/s1. The SMILES string of the molecule is COC(=O)CC[C@@]1(C)C2C[C@@H]3[C@H](C2)C31C. The van der Waals surface area contributed by atoms with Crippen molar-refractivity contribution in [3.8, 4) is 0 Å². The molecule has 2 unspecified atom stereocenters. The molecule has 15 heavy (non-hydrogen) atoms. The van der Waals surface area contributed by atoms with E-state index < -0.39 is 0 Å². The Hall–Kier alpha value is -0.530. The summed E-state index contributed by atoms with van der Waals surface area (Å²) in [6, 6.07) is 0. The van der Waals surface area contributed by atoms with Crippen molar-refractivity contribution >= 4 is 5.97 Å². The van der Waals surface area contributed by atoms with Crippen LogP contribution in [-0.4, -0.2) is 13.1 Å². The maximum absolute atomic E-state index is 11.2. The van der Waals surface area contributed by atoms with Gasteiger partial charge in [-0.3, -0.25) is 4.79 Å². The average Bonchev–Trinajstić information content (AvgIpc) is 2.61. The molecule has 0 aliphatic heterocycles. The highest BCUT2D eigenvalue weighted by Crippen LogP contribution is 2.86. The lowest BCUT2D eigenvalue weighted by Crippen LogP contribution is -2.28. The van der Waals surface area contributed by atoms with Crippen LogP contribution < -0.4 is 0 Å². The van der Waals surface area contributed by atoms with Gasteiger partial charge in [0.15, 0.2) is 0 Å². The minimum atomic E-state index is -0.0406. The number of ether oxygens (including phenoxy) is 1. The summed E-state index contributed by atoms with van der Waals surface area (Å²) in [6.07, 6.45) is 4.50. The second-order valence-electron chi connectivity index (χ2n) is 6.16. The van der Waals surface area contributed by atoms with Crippen molar-refractivity contribution in [3.63, 3.8) is 0 Å². The second kappa shape index (κ2) is 2.58. The first-order valence-electron chi connectivity index (χ1n) is 6.11. The topological polar surface area (TPSA) is 26.3 Å². The monoisotopic (exact) mass is 208 g/mol. The van der Waals surface area contributed by atoms with Crippen molar-refractivity contribution in [2.45, 2.75) is 39.5 Å². The van der Waals surface area contributed by atoms with Gasteiger partial charge in [0, 0.05) is 6.42 Å². The molecule has 0 N–H and O–H groups in total. The van der Waals surface area contributed by atoms with Crippen LogP contribution in [0.4, 0.5) is 0 Å². The van der Waals surface area contributed by atoms with Gasteiger partial charge in [-0.25, -0.2) is 0 Å². The Labute approximate surface area is 91.4 Å². The Kier molecular flexibility index (Phi) is 1.67. The molecule has 0 aromatic carbocycles. The lowest BCUT2D eigenvalue weighted by atomic mass is 9.71. The molecule has 0 amide bonds. The van der Waals surface area contributed by atoms with E-state index in [0.717, 1.165) is 24.2 Å². The van der Waals surface area contributed by atoms with Crippen molar-refractivity contribution in [2.75, 3.05) is 7.11 Å². The summed E-state index contributed by atoms with van der Waals surface area (Å²) in [6.45, 7) is 4.86. The molecule has 5 atom stereocenters. The molecule has 0 heterocycles. The molecule has 0 radical (unpaired) electrons.